The Morgan fingerprint density at radius 2 is 2.07 bits per heavy atom. The van der Waals surface area contributed by atoms with E-state index in [-0.39, 0.29) is 11.8 Å². The zero-order valence-corrected chi connectivity index (χ0v) is 15.6. The number of imidazole rings is 1. The fraction of sp³-hybridized carbons (Fsp3) is 0.500. The third-order valence-electron chi connectivity index (χ3n) is 5.45. The van der Waals surface area contributed by atoms with E-state index in [2.05, 4.69) is 9.97 Å². The first-order valence-corrected chi connectivity index (χ1v) is 9.15. The van der Waals surface area contributed by atoms with Crippen molar-refractivity contribution < 1.29 is 18.0 Å². The van der Waals surface area contributed by atoms with E-state index in [1.165, 1.54) is 4.90 Å². The lowest BCUT2D eigenvalue weighted by Crippen LogP contribution is -2.42. The highest BCUT2D eigenvalue weighted by Gasteiger charge is 2.38. The predicted molar refractivity (Wildman–Crippen MR) is 97.0 cm³/mol. The number of aromatic nitrogens is 4. The van der Waals surface area contributed by atoms with Gasteiger partial charge in [0.1, 0.15) is 6.54 Å². The molecular formula is C18H21F3N6O. The largest absolute Gasteiger partial charge is 0.405 e. The van der Waals surface area contributed by atoms with E-state index in [4.69, 9.17) is 0 Å². The molecule has 28 heavy (non-hydrogen) atoms. The maximum absolute atomic E-state index is 12.4. The fourth-order valence-corrected chi connectivity index (χ4v) is 4.03. The molecule has 0 saturated carbocycles. The minimum absolute atomic E-state index is 0.0116. The molecule has 1 N–H and O–H groups in total. The summed E-state index contributed by atoms with van der Waals surface area (Å²) in [5, 5.41) is 1.97. The molecule has 7 nitrogen and oxygen atoms in total. The van der Waals surface area contributed by atoms with Crippen LogP contribution in [0.3, 0.4) is 0 Å². The van der Waals surface area contributed by atoms with E-state index < -0.39 is 18.8 Å². The Morgan fingerprint density at radius 3 is 2.79 bits per heavy atom. The van der Waals surface area contributed by atoms with E-state index in [1.54, 1.807) is 12.4 Å². The zero-order valence-electron chi connectivity index (χ0n) is 15.6. The van der Waals surface area contributed by atoms with Crippen molar-refractivity contribution in [2.24, 2.45) is 13.0 Å². The second kappa shape index (κ2) is 6.68. The number of nitrogens with zero attached hydrogens (tertiary/aromatic N) is 5. The highest BCUT2D eigenvalue weighted by Crippen LogP contribution is 2.36. The number of likely N-dealkylation sites (tertiary alicyclic amines) is 1. The Bertz CT molecular complexity index is 1020. The molecule has 3 aromatic heterocycles. The van der Waals surface area contributed by atoms with Gasteiger partial charge >= 0.3 is 12.2 Å². The minimum Gasteiger partial charge on any atom is -0.334 e. The summed E-state index contributed by atoms with van der Waals surface area (Å²) < 4.78 is 41.2. The quantitative estimate of drug-likeness (QED) is 0.743. The van der Waals surface area contributed by atoms with Crippen LogP contribution >= 0.6 is 0 Å². The second-order valence-electron chi connectivity index (χ2n) is 7.22. The van der Waals surface area contributed by atoms with Gasteiger partial charge in [-0.25, -0.2) is 14.8 Å². The Labute approximate surface area is 159 Å². The molecule has 0 unspecified atom stereocenters. The Balaban J connectivity index is 1.65. The molecule has 2 amide bonds. The standard InChI is InChI=1S/C18H21F3N6O/c1-3-11-8-26(17(28)24-10-18(19,20)21)9-12(11)14-6-22-15-7-23-16-13(27(14)15)4-5-25(16)2/h4-7,11-12H,3,8-10H2,1-2H3,(H,24,28)/t11-,12+/m1/s1. The number of aryl methyl sites for hydroxylation is 1. The van der Waals surface area contributed by atoms with E-state index in [1.807, 2.05) is 40.5 Å². The molecular weight excluding hydrogens is 373 g/mol. The van der Waals surface area contributed by atoms with Gasteiger partial charge in [0.25, 0.3) is 0 Å². The third-order valence-corrected chi connectivity index (χ3v) is 5.45. The number of amides is 2. The van der Waals surface area contributed by atoms with Gasteiger partial charge in [-0.05, 0) is 12.0 Å². The van der Waals surface area contributed by atoms with Gasteiger partial charge in [-0.1, -0.05) is 13.3 Å². The number of carbonyl (C=O) groups is 1. The van der Waals surface area contributed by atoms with Crippen molar-refractivity contribution in [3.63, 3.8) is 0 Å². The van der Waals surface area contributed by atoms with Crippen LogP contribution in [0.25, 0.3) is 16.8 Å². The molecule has 0 aliphatic carbocycles. The number of rotatable bonds is 3. The Kier molecular flexibility index (Phi) is 4.43. The highest BCUT2D eigenvalue weighted by atomic mass is 19.4. The number of nitrogens with one attached hydrogen (secondary N) is 1. The average molecular weight is 394 g/mol. The van der Waals surface area contributed by atoms with Gasteiger partial charge in [-0.15, -0.1) is 0 Å². The first-order valence-electron chi connectivity index (χ1n) is 9.15. The molecule has 3 aromatic rings. The lowest BCUT2D eigenvalue weighted by atomic mass is 9.91. The molecule has 1 fully saturated rings. The van der Waals surface area contributed by atoms with Crippen LogP contribution in [0.1, 0.15) is 25.0 Å². The maximum Gasteiger partial charge on any atom is 0.405 e. The summed E-state index contributed by atoms with van der Waals surface area (Å²) in [6.07, 6.45) is 1.80. The second-order valence-corrected chi connectivity index (χ2v) is 7.22. The SMILES string of the molecule is CC[C@@H]1CN(C(=O)NCC(F)(F)F)C[C@@H]1c1cnc2cnc3c(ccn3C)n12. The van der Waals surface area contributed by atoms with Crippen LogP contribution in [0.15, 0.2) is 24.7 Å². The normalized spacial score (nSPS) is 20.4. The van der Waals surface area contributed by atoms with Crippen molar-refractivity contribution in [1.82, 2.24) is 29.2 Å². The summed E-state index contributed by atoms with van der Waals surface area (Å²) in [5.74, 6) is 0.130. The van der Waals surface area contributed by atoms with Crippen molar-refractivity contribution in [1.29, 1.82) is 0 Å². The van der Waals surface area contributed by atoms with Crippen LogP contribution in [0.5, 0.6) is 0 Å². The number of carbonyl (C=O) groups excluding carboxylic acids is 1. The Hall–Kier alpha value is -2.78. The summed E-state index contributed by atoms with van der Waals surface area (Å²) in [4.78, 5) is 22.6. The summed E-state index contributed by atoms with van der Waals surface area (Å²) in [6, 6.07) is 1.28. The van der Waals surface area contributed by atoms with Crippen molar-refractivity contribution in [3.8, 4) is 0 Å². The number of alkyl halides is 3. The van der Waals surface area contributed by atoms with Crippen LogP contribution in [-0.4, -0.2) is 55.7 Å². The zero-order chi connectivity index (χ0) is 20.1. The van der Waals surface area contributed by atoms with Crippen LogP contribution in [-0.2, 0) is 7.05 Å². The van der Waals surface area contributed by atoms with Crippen LogP contribution in [0.2, 0.25) is 0 Å². The Morgan fingerprint density at radius 1 is 1.29 bits per heavy atom. The summed E-state index contributed by atoms with van der Waals surface area (Å²) in [6.45, 7) is 1.47. The molecule has 150 valence electrons. The molecule has 2 atom stereocenters. The van der Waals surface area contributed by atoms with Crippen molar-refractivity contribution >= 4 is 22.8 Å². The molecule has 0 radical (unpaired) electrons. The number of urea groups is 1. The molecule has 0 aromatic carbocycles. The average Bonchev–Trinajstić information content (AvgIpc) is 3.34. The van der Waals surface area contributed by atoms with Gasteiger partial charge in [0.05, 0.1) is 11.7 Å². The van der Waals surface area contributed by atoms with Crippen LogP contribution < -0.4 is 5.32 Å². The monoisotopic (exact) mass is 394 g/mol. The summed E-state index contributed by atoms with van der Waals surface area (Å²) in [7, 11) is 1.91. The topological polar surface area (TPSA) is 67.5 Å². The molecule has 0 bridgehead atoms. The third kappa shape index (κ3) is 3.16. The molecule has 1 aliphatic heterocycles. The maximum atomic E-state index is 12.4. The van der Waals surface area contributed by atoms with Gasteiger partial charge < -0.3 is 14.8 Å². The lowest BCUT2D eigenvalue weighted by molar-refractivity contribution is -0.123. The minimum atomic E-state index is -4.42. The van der Waals surface area contributed by atoms with Gasteiger partial charge in [-0.2, -0.15) is 13.2 Å². The lowest BCUT2D eigenvalue weighted by Gasteiger charge is -2.18. The van der Waals surface area contributed by atoms with Crippen molar-refractivity contribution in [3.05, 3.63) is 30.4 Å². The van der Waals surface area contributed by atoms with Crippen molar-refractivity contribution in [2.45, 2.75) is 25.4 Å². The molecule has 4 rings (SSSR count). The molecule has 0 spiro atoms. The molecule has 1 saturated heterocycles. The van der Waals surface area contributed by atoms with Gasteiger partial charge in [0.15, 0.2) is 11.3 Å². The van der Waals surface area contributed by atoms with Gasteiger partial charge in [0.2, 0.25) is 0 Å². The van der Waals surface area contributed by atoms with Crippen LogP contribution in [0, 0.1) is 5.92 Å². The summed E-state index contributed by atoms with van der Waals surface area (Å²) >= 11 is 0. The first-order chi connectivity index (χ1) is 13.3. The van der Waals surface area contributed by atoms with Crippen LogP contribution in [0.4, 0.5) is 18.0 Å². The van der Waals surface area contributed by atoms with Gasteiger partial charge in [-0.3, -0.25) is 4.40 Å². The van der Waals surface area contributed by atoms with E-state index in [0.29, 0.717) is 18.7 Å². The number of halogens is 3. The molecule has 1 aliphatic rings. The number of hydrogen-bond donors (Lipinski definition) is 1. The molecule has 10 heteroatoms. The smallest absolute Gasteiger partial charge is 0.334 e. The summed E-state index contributed by atoms with van der Waals surface area (Å²) in [5.41, 5.74) is 3.40. The number of fused-ring (bicyclic) bond motifs is 3. The van der Waals surface area contributed by atoms with E-state index in [9.17, 15) is 18.0 Å². The van der Waals surface area contributed by atoms with E-state index in [0.717, 1.165) is 23.3 Å². The fourth-order valence-electron chi connectivity index (χ4n) is 4.03. The first kappa shape index (κ1) is 18.6. The van der Waals surface area contributed by atoms with Crippen molar-refractivity contribution in [2.75, 3.05) is 19.6 Å². The number of hydrogen-bond acceptors (Lipinski definition) is 3. The predicted octanol–water partition coefficient (Wildman–Crippen LogP) is 2.92. The van der Waals surface area contributed by atoms with Gasteiger partial charge in [0, 0.05) is 44.1 Å². The highest BCUT2D eigenvalue weighted by molar-refractivity contribution is 5.76. The molecule has 4 heterocycles. The van der Waals surface area contributed by atoms with E-state index >= 15 is 0 Å².